The van der Waals surface area contributed by atoms with Crippen molar-refractivity contribution in [2.24, 2.45) is 5.41 Å². The predicted octanol–water partition coefficient (Wildman–Crippen LogP) is 7.77. The van der Waals surface area contributed by atoms with Gasteiger partial charge in [-0.2, -0.15) is 10.4 Å². The van der Waals surface area contributed by atoms with Crippen LogP contribution in [-0.2, 0) is 4.74 Å². The summed E-state index contributed by atoms with van der Waals surface area (Å²) in [6, 6.07) is 10.6. The number of ether oxygens (including phenoxy) is 2. The molecular formula is C34H46N6O5. The normalized spacial score (nSPS) is 17.2. The van der Waals surface area contributed by atoms with E-state index in [0.717, 1.165) is 0 Å². The number of carbonyl (C=O) groups excluding carboxylic acids is 1. The number of nitrogens with zero attached hydrogens (tertiary/aromatic N) is 5. The van der Waals surface area contributed by atoms with Gasteiger partial charge in [0.25, 0.3) is 0 Å². The highest BCUT2D eigenvalue weighted by Crippen LogP contribution is 2.44. The Kier molecular flexibility index (Phi) is 9.57. The van der Waals surface area contributed by atoms with Crippen molar-refractivity contribution in [1.29, 1.82) is 5.26 Å². The molecule has 2 amide bonds. The van der Waals surface area contributed by atoms with Gasteiger partial charge in [-0.15, -0.1) is 0 Å². The maximum Gasteiger partial charge on any atom is 0.420 e. The second-order valence-corrected chi connectivity index (χ2v) is 13.8. The van der Waals surface area contributed by atoms with E-state index in [0.29, 0.717) is 65.6 Å². The van der Waals surface area contributed by atoms with Gasteiger partial charge in [0, 0.05) is 18.2 Å². The lowest BCUT2D eigenvalue weighted by Gasteiger charge is -2.47. The summed E-state index contributed by atoms with van der Waals surface area (Å²) in [5.41, 5.74) is 1.47. The molecule has 2 aromatic heterocycles. The molecule has 1 saturated heterocycles. The maximum absolute atomic E-state index is 14.1. The van der Waals surface area contributed by atoms with Gasteiger partial charge in [0.15, 0.2) is 0 Å². The van der Waals surface area contributed by atoms with Gasteiger partial charge in [-0.1, -0.05) is 34.6 Å². The molecule has 1 aliphatic rings. The highest BCUT2D eigenvalue weighted by atomic mass is 16.6. The van der Waals surface area contributed by atoms with Gasteiger partial charge in [-0.05, 0) is 82.2 Å². The zero-order valence-corrected chi connectivity index (χ0v) is 27.8. The number of pyridine rings is 1. The Morgan fingerprint density at radius 2 is 1.82 bits per heavy atom. The number of piperidine rings is 1. The number of carboxylic acid groups (broad SMARTS) is 1. The molecule has 242 valence electrons. The molecule has 1 fully saturated rings. The molecule has 0 saturated carbocycles. The molecule has 3 heterocycles. The predicted molar refractivity (Wildman–Crippen MR) is 175 cm³/mol. The van der Waals surface area contributed by atoms with Crippen LogP contribution in [0.1, 0.15) is 92.2 Å². The van der Waals surface area contributed by atoms with Gasteiger partial charge in [-0.3, -0.25) is 0 Å². The summed E-state index contributed by atoms with van der Waals surface area (Å²) in [5, 5.41) is 29.0. The zero-order valence-electron chi connectivity index (χ0n) is 27.8. The number of carbonyl (C=O) groups is 2. The van der Waals surface area contributed by atoms with Crippen LogP contribution < -0.4 is 15.0 Å². The number of amides is 2. The molecule has 4 rings (SSSR count). The summed E-state index contributed by atoms with van der Waals surface area (Å²) in [5.74, 6) is 0.903. The number of hydrogen-bond acceptors (Lipinski definition) is 7. The molecule has 11 nitrogen and oxygen atoms in total. The van der Waals surface area contributed by atoms with Crippen molar-refractivity contribution in [3.63, 3.8) is 0 Å². The van der Waals surface area contributed by atoms with E-state index in [1.54, 1.807) is 41.0 Å². The molecule has 1 unspecified atom stereocenters. The highest BCUT2D eigenvalue weighted by molar-refractivity contribution is 5.99. The fourth-order valence-electron chi connectivity index (χ4n) is 6.27. The Hall–Kier alpha value is -4.46. The van der Waals surface area contributed by atoms with Gasteiger partial charge in [0.2, 0.25) is 0 Å². The smallest absolute Gasteiger partial charge is 0.420 e. The number of nitrogens with one attached hydrogen (secondary N) is 1. The highest BCUT2D eigenvalue weighted by Gasteiger charge is 2.43. The second-order valence-electron chi connectivity index (χ2n) is 13.8. The molecule has 1 aromatic carbocycles. The molecular weight excluding hydrogens is 572 g/mol. The summed E-state index contributed by atoms with van der Waals surface area (Å²) in [6.45, 7) is 18.4. The quantitative estimate of drug-likeness (QED) is 0.274. The molecule has 3 aromatic rings. The molecule has 0 radical (unpaired) electrons. The summed E-state index contributed by atoms with van der Waals surface area (Å²) in [7, 11) is 0. The third-order valence-electron chi connectivity index (χ3n) is 7.84. The number of benzene rings is 1. The van der Waals surface area contributed by atoms with Gasteiger partial charge in [0.1, 0.15) is 28.8 Å². The minimum Gasteiger partial charge on any atom is -0.494 e. The van der Waals surface area contributed by atoms with E-state index >= 15 is 0 Å². The number of hydrogen-bond donors (Lipinski definition) is 2. The number of aromatic nitrogens is 2. The molecule has 1 aliphatic heterocycles. The van der Waals surface area contributed by atoms with Gasteiger partial charge < -0.3 is 24.8 Å². The topological polar surface area (TPSA) is 132 Å². The lowest BCUT2D eigenvalue weighted by Crippen LogP contribution is -2.58. The van der Waals surface area contributed by atoms with Gasteiger partial charge in [0.05, 0.1) is 35.7 Å². The van der Waals surface area contributed by atoms with Crippen LogP contribution in [0.4, 0.5) is 26.8 Å². The van der Waals surface area contributed by atoms with E-state index in [2.05, 4.69) is 16.5 Å². The van der Waals surface area contributed by atoms with Crippen molar-refractivity contribution in [2.75, 3.05) is 23.4 Å². The second kappa shape index (κ2) is 12.9. The average Bonchev–Trinajstić information content (AvgIpc) is 3.42. The third-order valence-corrected chi connectivity index (χ3v) is 7.84. The Balaban J connectivity index is 2.02. The van der Waals surface area contributed by atoms with E-state index in [9.17, 15) is 20.0 Å². The van der Waals surface area contributed by atoms with Crippen LogP contribution in [0.25, 0.3) is 5.52 Å². The van der Waals surface area contributed by atoms with Crippen LogP contribution in [0, 0.1) is 16.7 Å². The van der Waals surface area contributed by atoms with Crippen molar-refractivity contribution in [3.8, 4) is 11.8 Å². The Morgan fingerprint density at radius 3 is 2.36 bits per heavy atom. The first-order valence-electron chi connectivity index (χ1n) is 15.5. The molecule has 2 atom stereocenters. The summed E-state index contributed by atoms with van der Waals surface area (Å²) in [4.78, 5) is 29.5. The SMILES string of the molecule is CCOc1ccc(N(C(=O)OC(C)(C)C)c2c(C(C)C)c(N[C@H]3CCCN(C(=O)O)C3C(C)(C)C)c(C#N)c3ccnn23)cc1. The van der Waals surface area contributed by atoms with E-state index in [1.807, 2.05) is 62.3 Å². The molecule has 2 N–H and O–H groups in total. The summed E-state index contributed by atoms with van der Waals surface area (Å²) < 4.78 is 13.2. The van der Waals surface area contributed by atoms with E-state index < -0.39 is 23.2 Å². The number of likely N-dealkylation sites (tertiary alicyclic amines) is 1. The first-order chi connectivity index (χ1) is 21.1. The van der Waals surface area contributed by atoms with Gasteiger partial charge in [-0.25, -0.2) is 19.0 Å². The molecule has 0 bridgehead atoms. The Labute approximate surface area is 265 Å². The van der Waals surface area contributed by atoms with Crippen molar-refractivity contribution in [1.82, 2.24) is 14.5 Å². The molecule has 0 aliphatic carbocycles. The molecule has 45 heavy (non-hydrogen) atoms. The summed E-state index contributed by atoms with van der Waals surface area (Å²) >= 11 is 0. The first-order valence-corrected chi connectivity index (χ1v) is 15.5. The van der Waals surface area contributed by atoms with Crippen LogP contribution in [0.2, 0.25) is 0 Å². The standard InChI is InChI=1S/C34H46N6O5/c1-10-44-23-15-13-22(14-16-23)39(32(43)45-34(7,8)9)30-27(21(2)3)28(24(20-35)26-17-18-36-40(26)30)37-25-12-11-19-38(31(41)42)29(25)33(4,5)6/h13-18,21,25,29,37H,10-12,19H2,1-9H3,(H,41,42)/t25-,29?/m0/s1. The number of fused-ring (bicyclic) bond motifs is 1. The third kappa shape index (κ3) is 6.95. The molecule has 11 heteroatoms. The van der Waals surface area contributed by atoms with Crippen molar-refractivity contribution >= 4 is 34.9 Å². The minimum atomic E-state index is -0.968. The zero-order chi connectivity index (χ0) is 33.3. The van der Waals surface area contributed by atoms with Gasteiger partial charge >= 0.3 is 12.2 Å². The van der Waals surface area contributed by atoms with Crippen molar-refractivity contribution < 1.29 is 24.2 Å². The van der Waals surface area contributed by atoms with E-state index in [-0.39, 0.29) is 18.0 Å². The lowest BCUT2D eigenvalue weighted by molar-refractivity contribution is 0.0518. The van der Waals surface area contributed by atoms with Crippen LogP contribution in [0.3, 0.4) is 0 Å². The monoisotopic (exact) mass is 618 g/mol. The van der Waals surface area contributed by atoms with Crippen molar-refractivity contribution in [3.05, 3.63) is 47.7 Å². The van der Waals surface area contributed by atoms with Crippen molar-refractivity contribution in [2.45, 2.75) is 98.8 Å². The van der Waals surface area contributed by atoms with Crippen LogP contribution in [-0.4, -0.2) is 62.6 Å². The number of anilines is 3. The first kappa shape index (κ1) is 33.4. The fourth-order valence-corrected chi connectivity index (χ4v) is 6.27. The largest absolute Gasteiger partial charge is 0.494 e. The fraction of sp³-hybridized carbons (Fsp3) is 0.529. The number of nitriles is 1. The maximum atomic E-state index is 14.1. The van der Waals surface area contributed by atoms with Crippen LogP contribution in [0.15, 0.2) is 36.5 Å². The summed E-state index contributed by atoms with van der Waals surface area (Å²) in [6.07, 6.45) is 1.41. The Morgan fingerprint density at radius 1 is 1.16 bits per heavy atom. The Bertz CT molecular complexity index is 1580. The van der Waals surface area contributed by atoms with E-state index in [4.69, 9.17) is 9.47 Å². The number of rotatable bonds is 7. The average molecular weight is 619 g/mol. The van der Waals surface area contributed by atoms with E-state index in [1.165, 1.54) is 9.80 Å². The molecule has 0 spiro atoms. The van der Waals surface area contributed by atoms with Crippen LogP contribution in [0.5, 0.6) is 5.75 Å². The van der Waals surface area contributed by atoms with Crippen LogP contribution >= 0.6 is 0 Å². The minimum absolute atomic E-state index is 0.192. The lowest BCUT2D eigenvalue weighted by atomic mass is 9.77.